The summed E-state index contributed by atoms with van der Waals surface area (Å²) in [6.45, 7) is 10.1. The molecule has 0 saturated carbocycles. The van der Waals surface area contributed by atoms with Crippen molar-refractivity contribution in [2.24, 2.45) is 16.1 Å². The highest BCUT2D eigenvalue weighted by atomic mass is 14.9. The molecular formula is C11H18N2. The number of allylic oxidation sites excluding steroid dienone is 2. The number of aliphatic imine (C=N–C) groups is 1. The van der Waals surface area contributed by atoms with Crippen molar-refractivity contribution in [2.75, 3.05) is 0 Å². The predicted molar refractivity (Wildman–Crippen MR) is 57.8 cm³/mol. The molecule has 0 aliphatic heterocycles. The first-order valence-electron chi connectivity index (χ1n) is 4.59. The Morgan fingerprint density at radius 2 is 2.23 bits per heavy atom. The van der Waals surface area contributed by atoms with Crippen LogP contribution >= 0.6 is 0 Å². The molecule has 0 spiro atoms. The van der Waals surface area contributed by atoms with Crippen molar-refractivity contribution in [3.8, 4) is 0 Å². The first-order chi connectivity index (χ1) is 5.99. The molecule has 2 nitrogen and oxygen atoms in total. The number of hydrogen-bond acceptors (Lipinski definition) is 2. The molecule has 0 amide bonds. The molecule has 13 heavy (non-hydrogen) atoms. The zero-order valence-electron chi connectivity index (χ0n) is 8.67. The van der Waals surface area contributed by atoms with Gasteiger partial charge in [-0.2, -0.15) is 0 Å². The molecule has 0 aromatic rings. The molecule has 1 aliphatic rings. The Hall–Kier alpha value is -0.890. The van der Waals surface area contributed by atoms with Crippen LogP contribution < -0.4 is 5.73 Å². The molecule has 0 saturated heterocycles. The molecule has 0 radical (unpaired) electrons. The van der Waals surface area contributed by atoms with Gasteiger partial charge in [0.15, 0.2) is 0 Å². The topological polar surface area (TPSA) is 38.4 Å². The molecule has 1 atom stereocenters. The highest BCUT2D eigenvalue weighted by Crippen LogP contribution is 2.40. The largest absolute Gasteiger partial charge is 0.322 e. The lowest BCUT2D eigenvalue weighted by Crippen LogP contribution is -2.34. The van der Waals surface area contributed by atoms with Crippen LogP contribution in [0.3, 0.4) is 0 Å². The molecule has 72 valence electrons. The third kappa shape index (κ3) is 1.89. The third-order valence-electron chi connectivity index (χ3n) is 2.61. The van der Waals surface area contributed by atoms with Gasteiger partial charge < -0.3 is 5.73 Å². The van der Waals surface area contributed by atoms with Gasteiger partial charge >= 0.3 is 0 Å². The van der Waals surface area contributed by atoms with Gasteiger partial charge in [0.2, 0.25) is 0 Å². The highest BCUT2D eigenvalue weighted by molar-refractivity contribution is 5.71. The average molecular weight is 178 g/mol. The fourth-order valence-electron chi connectivity index (χ4n) is 1.84. The fourth-order valence-corrected chi connectivity index (χ4v) is 1.84. The smallest absolute Gasteiger partial charge is 0.0566 e. The summed E-state index contributed by atoms with van der Waals surface area (Å²) in [5.74, 6) is 0. The van der Waals surface area contributed by atoms with Gasteiger partial charge in [-0.25, -0.2) is 0 Å². The van der Waals surface area contributed by atoms with E-state index in [0.717, 1.165) is 12.1 Å². The van der Waals surface area contributed by atoms with Crippen molar-refractivity contribution >= 4 is 6.21 Å². The summed E-state index contributed by atoms with van der Waals surface area (Å²) < 4.78 is 0. The van der Waals surface area contributed by atoms with Crippen molar-refractivity contribution in [2.45, 2.75) is 33.2 Å². The van der Waals surface area contributed by atoms with Crippen LogP contribution in [0.15, 0.2) is 28.9 Å². The average Bonchev–Trinajstić information content (AvgIpc) is 2.21. The minimum atomic E-state index is 0.0590. The van der Waals surface area contributed by atoms with Gasteiger partial charge in [0, 0.05) is 6.21 Å². The lowest BCUT2D eigenvalue weighted by molar-refractivity contribution is 0.340. The van der Waals surface area contributed by atoms with Crippen molar-refractivity contribution < 1.29 is 0 Å². The lowest BCUT2D eigenvalue weighted by Gasteiger charge is -2.24. The molecule has 0 bridgehead atoms. The maximum Gasteiger partial charge on any atom is 0.0566 e. The predicted octanol–water partition coefficient (Wildman–Crippen LogP) is 2.27. The standard InChI is InChI=1S/C11H18N2/c1-5-6-13-9-8(2)7-11(3,4)10(9)12/h5-6,10H,1,7,12H2,2-4H3/b13-6-/t10-/m1/s1. The van der Waals surface area contributed by atoms with Crippen molar-refractivity contribution in [1.29, 1.82) is 0 Å². The van der Waals surface area contributed by atoms with E-state index in [2.05, 4.69) is 32.3 Å². The monoisotopic (exact) mass is 178 g/mol. The molecule has 0 heterocycles. The van der Waals surface area contributed by atoms with Gasteiger partial charge in [0.1, 0.15) is 0 Å². The summed E-state index contributed by atoms with van der Waals surface area (Å²) in [5, 5.41) is 0. The van der Waals surface area contributed by atoms with Gasteiger partial charge in [-0.15, -0.1) is 0 Å². The first-order valence-corrected chi connectivity index (χ1v) is 4.59. The van der Waals surface area contributed by atoms with Crippen molar-refractivity contribution in [3.63, 3.8) is 0 Å². The normalized spacial score (nSPS) is 27.2. The van der Waals surface area contributed by atoms with E-state index in [1.165, 1.54) is 5.57 Å². The van der Waals surface area contributed by atoms with Crippen molar-refractivity contribution in [3.05, 3.63) is 23.9 Å². The molecule has 2 N–H and O–H groups in total. The van der Waals surface area contributed by atoms with E-state index >= 15 is 0 Å². The van der Waals surface area contributed by atoms with Gasteiger partial charge in [0.05, 0.1) is 11.7 Å². The van der Waals surface area contributed by atoms with Gasteiger partial charge in [0.25, 0.3) is 0 Å². The SMILES string of the molecule is C=C/C=N\C1=C(C)CC(C)(C)[C@@H]1N. The summed E-state index contributed by atoms with van der Waals surface area (Å²) >= 11 is 0. The van der Waals surface area contributed by atoms with Crippen LogP contribution in [0.1, 0.15) is 27.2 Å². The Bertz CT molecular complexity index is 272. The van der Waals surface area contributed by atoms with Gasteiger partial charge in [-0.05, 0) is 24.3 Å². The number of hydrogen-bond donors (Lipinski definition) is 1. The molecule has 0 aromatic carbocycles. The molecule has 2 heteroatoms. The summed E-state index contributed by atoms with van der Waals surface area (Å²) in [7, 11) is 0. The Morgan fingerprint density at radius 1 is 1.62 bits per heavy atom. The molecule has 1 aliphatic carbocycles. The Balaban J connectivity index is 2.90. The second-order valence-corrected chi connectivity index (χ2v) is 4.32. The van der Waals surface area contributed by atoms with Crippen LogP contribution in [0.4, 0.5) is 0 Å². The number of rotatable bonds is 2. The van der Waals surface area contributed by atoms with Crippen LogP contribution in [-0.4, -0.2) is 12.3 Å². The second kappa shape index (κ2) is 3.46. The quantitative estimate of drug-likeness (QED) is 0.647. The second-order valence-electron chi connectivity index (χ2n) is 4.32. The zero-order chi connectivity index (χ0) is 10.1. The summed E-state index contributed by atoms with van der Waals surface area (Å²) in [6.07, 6.45) is 4.43. The van der Waals surface area contributed by atoms with Gasteiger partial charge in [-0.3, -0.25) is 4.99 Å². The van der Waals surface area contributed by atoms with Crippen molar-refractivity contribution in [1.82, 2.24) is 0 Å². The Morgan fingerprint density at radius 3 is 2.62 bits per heavy atom. The van der Waals surface area contributed by atoms with E-state index in [4.69, 9.17) is 5.73 Å². The molecule has 0 aromatic heterocycles. The number of nitrogens with zero attached hydrogens (tertiary/aromatic N) is 1. The zero-order valence-corrected chi connectivity index (χ0v) is 8.67. The van der Waals surface area contributed by atoms with Crippen LogP contribution in [0, 0.1) is 5.41 Å². The minimum absolute atomic E-state index is 0.0590. The molecule has 1 rings (SSSR count). The Kier molecular flexibility index (Phi) is 2.71. The van der Waals surface area contributed by atoms with E-state index < -0.39 is 0 Å². The maximum atomic E-state index is 6.08. The third-order valence-corrected chi connectivity index (χ3v) is 2.61. The number of nitrogens with two attached hydrogens (primary N) is 1. The van der Waals surface area contributed by atoms with Gasteiger partial charge in [-0.1, -0.05) is 26.5 Å². The van der Waals surface area contributed by atoms with E-state index in [0.29, 0.717) is 0 Å². The highest BCUT2D eigenvalue weighted by Gasteiger charge is 2.36. The van der Waals surface area contributed by atoms with E-state index in [-0.39, 0.29) is 11.5 Å². The van der Waals surface area contributed by atoms with Crippen LogP contribution in [-0.2, 0) is 0 Å². The summed E-state index contributed by atoms with van der Waals surface area (Å²) in [5.41, 5.74) is 8.57. The van der Waals surface area contributed by atoms with E-state index in [1.807, 2.05) is 0 Å². The minimum Gasteiger partial charge on any atom is -0.322 e. The van der Waals surface area contributed by atoms with Crippen LogP contribution in [0.5, 0.6) is 0 Å². The molecular weight excluding hydrogens is 160 g/mol. The summed E-state index contributed by atoms with van der Waals surface area (Å²) in [6, 6.07) is 0.0590. The fraction of sp³-hybridized carbons (Fsp3) is 0.545. The van der Waals surface area contributed by atoms with E-state index in [1.54, 1.807) is 12.3 Å². The van der Waals surface area contributed by atoms with E-state index in [9.17, 15) is 0 Å². The van der Waals surface area contributed by atoms with Crippen LogP contribution in [0.2, 0.25) is 0 Å². The first kappa shape index (κ1) is 10.2. The molecule has 0 unspecified atom stereocenters. The lowest BCUT2D eigenvalue weighted by atomic mass is 9.86. The van der Waals surface area contributed by atoms with Crippen LogP contribution in [0.25, 0.3) is 0 Å². The Labute approximate surface area is 80.2 Å². The molecule has 0 fully saturated rings. The maximum absolute atomic E-state index is 6.08. The summed E-state index contributed by atoms with van der Waals surface area (Å²) in [4.78, 5) is 4.31.